The number of aromatic nitrogens is 2. The summed E-state index contributed by atoms with van der Waals surface area (Å²) in [5.74, 6) is 7.62. The molecule has 0 bridgehead atoms. The van der Waals surface area contributed by atoms with Crippen LogP contribution in [0.4, 0.5) is 11.8 Å². The van der Waals surface area contributed by atoms with E-state index in [1.807, 2.05) is 24.3 Å². The van der Waals surface area contributed by atoms with Crippen molar-refractivity contribution in [1.29, 1.82) is 0 Å². The highest BCUT2D eigenvalue weighted by atomic mass is 15.3. The second kappa shape index (κ2) is 6.05. The number of nitrogen functional groups attached to an aromatic ring is 1. The summed E-state index contributed by atoms with van der Waals surface area (Å²) in [6.45, 7) is 0.947. The van der Waals surface area contributed by atoms with E-state index in [-0.39, 0.29) is 0 Å². The molecule has 0 saturated heterocycles. The molecular weight excluding hydrogens is 250 g/mol. The summed E-state index contributed by atoms with van der Waals surface area (Å²) in [5.41, 5.74) is 3.56. The first kappa shape index (κ1) is 13.1. The molecule has 0 spiro atoms. The smallest absolute Gasteiger partial charge is 0.225 e. The third-order valence-corrected chi connectivity index (χ3v) is 4.01. The van der Waals surface area contributed by atoms with Gasteiger partial charge in [-0.15, -0.1) is 0 Å². The lowest BCUT2D eigenvalue weighted by Gasteiger charge is -2.21. The van der Waals surface area contributed by atoms with Gasteiger partial charge in [0.25, 0.3) is 0 Å². The van der Waals surface area contributed by atoms with Gasteiger partial charge < -0.3 is 10.7 Å². The van der Waals surface area contributed by atoms with E-state index >= 15 is 0 Å². The Morgan fingerprint density at radius 1 is 1.10 bits per heavy atom. The highest BCUT2D eigenvalue weighted by Gasteiger charge is 2.14. The molecule has 1 aromatic heterocycles. The monoisotopic (exact) mass is 271 g/mol. The molecule has 2 aromatic rings. The van der Waals surface area contributed by atoms with Crippen LogP contribution in [0.3, 0.4) is 0 Å². The van der Waals surface area contributed by atoms with Crippen LogP contribution in [0.2, 0.25) is 0 Å². The zero-order valence-electron chi connectivity index (χ0n) is 11.6. The molecule has 1 fully saturated rings. The second-order valence-electron chi connectivity index (χ2n) is 5.44. The van der Waals surface area contributed by atoms with E-state index in [0.717, 1.165) is 23.4 Å². The Hall–Kier alpha value is -1.88. The molecule has 106 valence electrons. The molecule has 1 saturated carbocycles. The summed E-state index contributed by atoms with van der Waals surface area (Å²) in [6.07, 6.45) is 6.69. The summed E-state index contributed by atoms with van der Waals surface area (Å²) in [4.78, 5) is 9.00. The molecule has 1 heterocycles. The van der Waals surface area contributed by atoms with Gasteiger partial charge in [-0.1, -0.05) is 31.4 Å². The summed E-state index contributed by atoms with van der Waals surface area (Å²) < 4.78 is 0. The molecule has 0 radical (unpaired) electrons. The molecule has 1 aliphatic carbocycles. The van der Waals surface area contributed by atoms with Gasteiger partial charge in [0.15, 0.2) is 5.82 Å². The minimum Gasteiger partial charge on any atom is -0.354 e. The number of hydrogen-bond acceptors (Lipinski definition) is 5. The number of hydrogen-bond donors (Lipinski definition) is 3. The van der Waals surface area contributed by atoms with Crippen molar-refractivity contribution in [3.63, 3.8) is 0 Å². The average Bonchev–Trinajstić information content (AvgIpc) is 2.53. The maximum atomic E-state index is 5.56. The first-order valence-corrected chi connectivity index (χ1v) is 7.34. The molecule has 0 amide bonds. The Bertz CT molecular complexity index is 577. The standard InChI is InChI=1S/C15H21N5/c16-20-14-12-8-4-5-9-13(12)18-15(19-14)17-10-11-6-2-1-3-7-11/h4-5,8-9,11H,1-3,6-7,10,16H2,(H2,17,18,19,20). The molecule has 0 atom stereocenters. The van der Waals surface area contributed by atoms with E-state index in [0.29, 0.717) is 11.8 Å². The average molecular weight is 271 g/mol. The lowest BCUT2D eigenvalue weighted by Crippen LogP contribution is -2.19. The largest absolute Gasteiger partial charge is 0.354 e. The second-order valence-corrected chi connectivity index (χ2v) is 5.44. The van der Waals surface area contributed by atoms with Crippen LogP contribution >= 0.6 is 0 Å². The van der Waals surface area contributed by atoms with Crippen molar-refractivity contribution in [3.05, 3.63) is 24.3 Å². The van der Waals surface area contributed by atoms with Gasteiger partial charge in [-0.05, 0) is 30.9 Å². The molecule has 5 heteroatoms. The van der Waals surface area contributed by atoms with Gasteiger partial charge in [0.2, 0.25) is 5.95 Å². The van der Waals surface area contributed by atoms with Crippen molar-refractivity contribution < 1.29 is 0 Å². The maximum absolute atomic E-state index is 5.56. The normalized spacial score (nSPS) is 16.2. The van der Waals surface area contributed by atoms with Gasteiger partial charge in [0, 0.05) is 11.9 Å². The molecule has 5 nitrogen and oxygen atoms in total. The van der Waals surface area contributed by atoms with Crippen LogP contribution in [-0.4, -0.2) is 16.5 Å². The van der Waals surface area contributed by atoms with Crippen molar-refractivity contribution in [2.24, 2.45) is 11.8 Å². The number of fused-ring (bicyclic) bond motifs is 1. The van der Waals surface area contributed by atoms with Crippen molar-refractivity contribution in [2.45, 2.75) is 32.1 Å². The number of anilines is 2. The van der Waals surface area contributed by atoms with Crippen LogP contribution in [-0.2, 0) is 0 Å². The zero-order valence-corrected chi connectivity index (χ0v) is 11.6. The highest BCUT2D eigenvalue weighted by molar-refractivity contribution is 5.89. The number of nitrogens with zero attached hydrogens (tertiary/aromatic N) is 2. The molecule has 0 unspecified atom stereocenters. The van der Waals surface area contributed by atoms with E-state index in [1.54, 1.807) is 0 Å². The molecular formula is C15H21N5. The number of para-hydroxylation sites is 1. The maximum Gasteiger partial charge on any atom is 0.225 e. The Kier molecular flexibility index (Phi) is 3.97. The van der Waals surface area contributed by atoms with Crippen LogP contribution < -0.4 is 16.6 Å². The number of nitrogens with two attached hydrogens (primary N) is 1. The topological polar surface area (TPSA) is 75.9 Å². The van der Waals surface area contributed by atoms with Crippen LogP contribution in [0.5, 0.6) is 0 Å². The van der Waals surface area contributed by atoms with Crippen molar-refractivity contribution in [1.82, 2.24) is 9.97 Å². The summed E-state index contributed by atoms with van der Waals surface area (Å²) in [7, 11) is 0. The predicted molar refractivity (Wildman–Crippen MR) is 82.4 cm³/mol. The first-order chi connectivity index (χ1) is 9.86. The van der Waals surface area contributed by atoms with Gasteiger partial charge in [-0.2, -0.15) is 4.98 Å². The van der Waals surface area contributed by atoms with Gasteiger partial charge in [-0.3, -0.25) is 0 Å². The Morgan fingerprint density at radius 3 is 2.70 bits per heavy atom. The first-order valence-electron chi connectivity index (χ1n) is 7.34. The number of rotatable bonds is 4. The molecule has 1 aliphatic rings. The van der Waals surface area contributed by atoms with E-state index < -0.39 is 0 Å². The van der Waals surface area contributed by atoms with E-state index in [9.17, 15) is 0 Å². The number of benzene rings is 1. The van der Waals surface area contributed by atoms with Crippen LogP contribution in [0.15, 0.2) is 24.3 Å². The Balaban J connectivity index is 1.77. The van der Waals surface area contributed by atoms with Crippen molar-refractivity contribution in [2.75, 3.05) is 17.3 Å². The summed E-state index contributed by atoms with van der Waals surface area (Å²) in [6, 6.07) is 7.88. The third kappa shape index (κ3) is 2.82. The fraction of sp³-hybridized carbons (Fsp3) is 0.467. The Morgan fingerprint density at radius 2 is 1.90 bits per heavy atom. The summed E-state index contributed by atoms with van der Waals surface area (Å²) >= 11 is 0. The minimum atomic E-state index is 0.655. The predicted octanol–water partition coefficient (Wildman–Crippen LogP) is 2.91. The highest BCUT2D eigenvalue weighted by Crippen LogP contribution is 2.25. The number of hydrazine groups is 1. The Labute approximate surface area is 119 Å². The van der Waals surface area contributed by atoms with Crippen molar-refractivity contribution in [3.8, 4) is 0 Å². The molecule has 20 heavy (non-hydrogen) atoms. The third-order valence-electron chi connectivity index (χ3n) is 4.01. The SMILES string of the molecule is NNc1nc(NCC2CCCCC2)nc2ccccc12. The minimum absolute atomic E-state index is 0.655. The zero-order chi connectivity index (χ0) is 13.8. The van der Waals surface area contributed by atoms with Crippen molar-refractivity contribution >= 4 is 22.7 Å². The summed E-state index contributed by atoms with van der Waals surface area (Å²) in [5, 5.41) is 4.31. The molecule has 4 N–H and O–H groups in total. The number of nitrogens with one attached hydrogen (secondary N) is 2. The lowest BCUT2D eigenvalue weighted by molar-refractivity contribution is 0.373. The van der Waals surface area contributed by atoms with Gasteiger partial charge >= 0.3 is 0 Å². The van der Waals surface area contributed by atoms with Gasteiger partial charge in [-0.25, -0.2) is 10.8 Å². The van der Waals surface area contributed by atoms with Gasteiger partial charge in [0.1, 0.15) is 0 Å². The van der Waals surface area contributed by atoms with Gasteiger partial charge in [0.05, 0.1) is 5.52 Å². The molecule has 3 rings (SSSR count). The lowest BCUT2D eigenvalue weighted by atomic mass is 9.89. The van der Waals surface area contributed by atoms with Crippen LogP contribution in [0.25, 0.3) is 10.9 Å². The molecule has 0 aliphatic heterocycles. The van der Waals surface area contributed by atoms with Crippen LogP contribution in [0, 0.1) is 5.92 Å². The van der Waals surface area contributed by atoms with E-state index in [2.05, 4.69) is 20.7 Å². The van der Waals surface area contributed by atoms with E-state index in [4.69, 9.17) is 5.84 Å². The van der Waals surface area contributed by atoms with E-state index in [1.165, 1.54) is 32.1 Å². The van der Waals surface area contributed by atoms with Crippen LogP contribution in [0.1, 0.15) is 32.1 Å². The fourth-order valence-electron chi connectivity index (χ4n) is 2.89. The molecule has 1 aromatic carbocycles. The fourth-order valence-corrected chi connectivity index (χ4v) is 2.89. The quantitative estimate of drug-likeness (QED) is 0.589.